The van der Waals surface area contributed by atoms with Crippen LogP contribution in [0.5, 0.6) is 5.75 Å². The van der Waals surface area contributed by atoms with Crippen LogP contribution in [0.15, 0.2) is 18.2 Å². The van der Waals surface area contributed by atoms with Crippen molar-refractivity contribution >= 4 is 45.6 Å². The van der Waals surface area contributed by atoms with Gasteiger partial charge in [-0.05, 0) is 32.9 Å². The van der Waals surface area contributed by atoms with Crippen LogP contribution in [0.3, 0.4) is 0 Å². The molecule has 7 heteroatoms. The first-order valence-electron chi connectivity index (χ1n) is 6.24. The van der Waals surface area contributed by atoms with Crippen LogP contribution in [0, 0.1) is 13.8 Å². The van der Waals surface area contributed by atoms with Gasteiger partial charge in [0, 0.05) is 4.88 Å². The third-order valence-corrected chi connectivity index (χ3v) is 4.64. The normalized spacial score (nSPS) is 12.0. The number of halogens is 2. The number of benzene rings is 1. The topological polar surface area (TPSA) is 51.2 Å². The van der Waals surface area contributed by atoms with E-state index in [-0.39, 0.29) is 5.91 Å². The molecule has 0 aliphatic carbocycles. The van der Waals surface area contributed by atoms with Crippen molar-refractivity contribution in [3.63, 3.8) is 0 Å². The molecule has 112 valence electrons. The molecule has 0 saturated heterocycles. The van der Waals surface area contributed by atoms with E-state index in [1.54, 1.807) is 25.1 Å². The van der Waals surface area contributed by atoms with Crippen LogP contribution in [0.4, 0.5) is 5.13 Å². The molecule has 1 atom stereocenters. The highest BCUT2D eigenvalue weighted by atomic mass is 35.5. The molecule has 1 aromatic carbocycles. The predicted molar refractivity (Wildman–Crippen MR) is 86.8 cm³/mol. The molecule has 1 amide bonds. The van der Waals surface area contributed by atoms with E-state index < -0.39 is 6.10 Å². The first-order chi connectivity index (χ1) is 9.88. The minimum atomic E-state index is -0.717. The summed E-state index contributed by atoms with van der Waals surface area (Å²) in [5.41, 5.74) is 0.904. The Morgan fingerprint density at radius 3 is 2.71 bits per heavy atom. The number of nitrogens with one attached hydrogen (secondary N) is 1. The molecule has 1 heterocycles. The largest absolute Gasteiger partial charge is 0.479 e. The molecule has 0 fully saturated rings. The fraction of sp³-hybridized carbons (Fsp3) is 0.286. The monoisotopic (exact) mass is 344 g/mol. The number of hydrogen-bond acceptors (Lipinski definition) is 4. The van der Waals surface area contributed by atoms with Crippen molar-refractivity contribution < 1.29 is 9.53 Å². The van der Waals surface area contributed by atoms with Crippen molar-refractivity contribution in [3.05, 3.63) is 38.8 Å². The predicted octanol–water partition coefficient (Wildman–Crippen LogP) is 4.47. The average molecular weight is 345 g/mol. The van der Waals surface area contributed by atoms with Gasteiger partial charge in [-0.15, -0.1) is 11.3 Å². The van der Waals surface area contributed by atoms with Crippen LogP contribution < -0.4 is 10.1 Å². The summed E-state index contributed by atoms with van der Waals surface area (Å²) in [5, 5.41) is 3.96. The maximum Gasteiger partial charge on any atom is 0.266 e. The zero-order valence-electron chi connectivity index (χ0n) is 11.7. The lowest BCUT2D eigenvalue weighted by molar-refractivity contribution is -0.122. The number of nitrogens with zero attached hydrogens (tertiary/aromatic N) is 1. The first kappa shape index (κ1) is 16.1. The summed E-state index contributed by atoms with van der Waals surface area (Å²) in [5.74, 6) is 0.0816. The van der Waals surface area contributed by atoms with Crippen molar-refractivity contribution in [2.45, 2.75) is 26.9 Å². The summed E-state index contributed by atoms with van der Waals surface area (Å²) < 4.78 is 5.55. The van der Waals surface area contributed by atoms with E-state index in [0.717, 1.165) is 10.6 Å². The van der Waals surface area contributed by atoms with Gasteiger partial charge in [-0.1, -0.05) is 29.3 Å². The minimum Gasteiger partial charge on any atom is -0.479 e. The Balaban J connectivity index is 2.04. The summed E-state index contributed by atoms with van der Waals surface area (Å²) in [4.78, 5) is 17.4. The van der Waals surface area contributed by atoms with Crippen LogP contribution in [-0.4, -0.2) is 17.0 Å². The molecular weight excluding hydrogens is 331 g/mol. The Kier molecular flexibility index (Phi) is 5.08. The van der Waals surface area contributed by atoms with Crippen LogP contribution in [0.1, 0.15) is 17.5 Å². The number of carbonyl (C=O) groups excluding carboxylic acids is 1. The third kappa shape index (κ3) is 3.87. The molecule has 21 heavy (non-hydrogen) atoms. The summed E-state index contributed by atoms with van der Waals surface area (Å²) in [6, 6.07) is 5.03. The van der Waals surface area contributed by atoms with Crippen molar-refractivity contribution in [2.75, 3.05) is 5.32 Å². The Bertz CT molecular complexity index is 653. The van der Waals surface area contributed by atoms with Crippen molar-refractivity contribution in [1.29, 1.82) is 0 Å². The van der Waals surface area contributed by atoms with Crippen LogP contribution in [0.2, 0.25) is 10.0 Å². The number of hydrogen-bond donors (Lipinski definition) is 1. The Hall–Kier alpha value is -1.30. The zero-order chi connectivity index (χ0) is 15.6. The molecule has 1 aromatic heterocycles. The van der Waals surface area contributed by atoms with Gasteiger partial charge in [0.1, 0.15) is 10.8 Å². The molecule has 1 unspecified atom stereocenters. The molecule has 0 radical (unpaired) electrons. The molecule has 0 aliphatic rings. The third-order valence-electron chi connectivity index (χ3n) is 2.85. The van der Waals surface area contributed by atoms with Gasteiger partial charge in [-0.3, -0.25) is 10.1 Å². The summed E-state index contributed by atoms with van der Waals surface area (Å²) in [7, 11) is 0. The zero-order valence-corrected chi connectivity index (χ0v) is 14.1. The van der Waals surface area contributed by atoms with E-state index in [1.165, 1.54) is 11.3 Å². The van der Waals surface area contributed by atoms with Gasteiger partial charge in [0.05, 0.1) is 10.7 Å². The van der Waals surface area contributed by atoms with Gasteiger partial charge in [-0.25, -0.2) is 4.98 Å². The standard InChI is InChI=1S/C14H14Cl2N2O2S/c1-7-9(3)21-14(17-7)18-13(19)8(2)20-11-6-4-5-10(15)12(11)16/h4-6,8H,1-3H3,(H,17,18,19). The molecule has 2 aromatic rings. The van der Waals surface area contributed by atoms with Gasteiger partial charge < -0.3 is 4.74 Å². The Morgan fingerprint density at radius 2 is 2.10 bits per heavy atom. The molecular formula is C14H14Cl2N2O2S. The number of thiazole rings is 1. The number of carbonyl (C=O) groups is 1. The van der Waals surface area contributed by atoms with E-state index in [0.29, 0.717) is 20.9 Å². The minimum absolute atomic E-state index is 0.291. The molecule has 0 spiro atoms. The lowest BCUT2D eigenvalue weighted by Crippen LogP contribution is -2.30. The lowest BCUT2D eigenvalue weighted by atomic mass is 10.3. The maximum absolute atomic E-state index is 12.1. The molecule has 0 bridgehead atoms. The average Bonchev–Trinajstić information content (AvgIpc) is 2.73. The SMILES string of the molecule is Cc1nc(NC(=O)C(C)Oc2cccc(Cl)c2Cl)sc1C. The summed E-state index contributed by atoms with van der Waals surface area (Å²) in [6.07, 6.45) is -0.717. The highest BCUT2D eigenvalue weighted by Crippen LogP contribution is 2.32. The van der Waals surface area contributed by atoms with Gasteiger partial charge in [0.2, 0.25) is 0 Å². The number of amides is 1. The van der Waals surface area contributed by atoms with Gasteiger partial charge in [0.15, 0.2) is 11.2 Å². The van der Waals surface area contributed by atoms with Crippen LogP contribution in [-0.2, 0) is 4.79 Å². The van der Waals surface area contributed by atoms with Gasteiger partial charge in [0.25, 0.3) is 5.91 Å². The second kappa shape index (κ2) is 6.64. The van der Waals surface area contributed by atoms with E-state index >= 15 is 0 Å². The Morgan fingerprint density at radius 1 is 1.38 bits per heavy atom. The summed E-state index contributed by atoms with van der Waals surface area (Å²) in [6.45, 7) is 5.49. The number of anilines is 1. The number of aromatic nitrogens is 1. The van der Waals surface area contributed by atoms with E-state index in [4.69, 9.17) is 27.9 Å². The smallest absolute Gasteiger partial charge is 0.266 e. The Labute approximate surface area is 137 Å². The summed E-state index contributed by atoms with van der Waals surface area (Å²) >= 11 is 13.4. The van der Waals surface area contributed by atoms with Gasteiger partial charge in [-0.2, -0.15) is 0 Å². The van der Waals surface area contributed by atoms with E-state index in [1.807, 2.05) is 13.8 Å². The van der Waals surface area contributed by atoms with Gasteiger partial charge >= 0.3 is 0 Å². The second-order valence-corrected chi connectivity index (χ2v) is 6.45. The number of rotatable bonds is 4. The quantitative estimate of drug-likeness (QED) is 0.889. The van der Waals surface area contributed by atoms with Crippen LogP contribution >= 0.6 is 34.5 Å². The van der Waals surface area contributed by atoms with Crippen LogP contribution in [0.25, 0.3) is 0 Å². The molecule has 0 aliphatic heterocycles. The highest BCUT2D eigenvalue weighted by molar-refractivity contribution is 7.15. The molecule has 1 N–H and O–H groups in total. The molecule has 0 saturated carbocycles. The first-order valence-corrected chi connectivity index (χ1v) is 7.81. The van der Waals surface area contributed by atoms with Crippen molar-refractivity contribution in [1.82, 2.24) is 4.98 Å². The van der Waals surface area contributed by atoms with Crippen molar-refractivity contribution in [3.8, 4) is 5.75 Å². The van der Waals surface area contributed by atoms with E-state index in [2.05, 4.69) is 10.3 Å². The fourth-order valence-corrected chi connectivity index (χ4v) is 2.71. The van der Waals surface area contributed by atoms with Crippen molar-refractivity contribution in [2.24, 2.45) is 0 Å². The number of ether oxygens (including phenoxy) is 1. The fourth-order valence-electron chi connectivity index (χ4n) is 1.55. The molecule has 2 rings (SSSR count). The lowest BCUT2D eigenvalue weighted by Gasteiger charge is -2.15. The highest BCUT2D eigenvalue weighted by Gasteiger charge is 2.18. The number of aryl methyl sites for hydroxylation is 2. The second-order valence-electron chi connectivity index (χ2n) is 4.46. The van der Waals surface area contributed by atoms with E-state index in [9.17, 15) is 4.79 Å². The molecule has 4 nitrogen and oxygen atoms in total. The maximum atomic E-state index is 12.1.